The summed E-state index contributed by atoms with van der Waals surface area (Å²) in [6.07, 6.45) is 2.10. The van der Waals surface area contributed by atoms with Gasteiger partial charge < -0.3 is 10.6 Å². The molecule has 1 aliphatic heterocycles. The van der Waals surface area contributed by atoms with Gasteiger partial charge >= 0.3 is 0 Å². The van der Waals surface area contributed by atoms with Gasteiger partial charge in [-0.05, 0) is 37.1 Å². The summed E-state index contributed by atoms with van der Waals surface area (Å²) in [7, 11) is 0. The van der Waals surface area contributed by atoms with Crippen molar-refractivity contribution in [2.75, 3.05) is 18.0 Å². The van der Waals surface area contributed by atoms with Gasteiger partial charge in [-0.15, -0.1) is 5.10 Å². The van der Waals surface area contributed by atoms with Crippen molar-refractivity contribution in [3.63, 3.8) is 0 Å². The van der Waals surface area contributed by atoms with Crippen molar-refractivity contribution in [1.82, 2.24) is 15.2 Å². The zero-order valence-corrected chi connectivity index (χ0v) is 10.5. The Hall–Kier alpha value is -1.95. The Morgan fingerprint density at radius 2 is 2.11 bits per heavy atom. The molecule has 1 aromatic carbocycles. The minimum absolute atomic E-state index is 0.182. The van der Waals surface area contributed by atoms with Gasteiger partial charge in [0.1, 0.15) is 5.82 Å². The summed E-state index contributed by atoms with van der Waals surface area (Å²) in [5, 5.41) is 7.10. The van der Waals surface area contributed by atoms with Crippen LogP contribution in [0.4, 0.5) is 10.3 Å². The van der Waals surface area contributed by atoms with Crippen LogP contribution >= 0.6 is 0 Å². The van der Waals surface area contributed by atoms with E-state index in [4.69, 9.17) is 5.73 Å². The number of aromatic amines is 1. The molecule has 5 nitrogen and oxygen atoms in total. The van der Waals surface area contributed by atoms with Crippen LogP contribution in [-0.2, 0) is 0 Å². The van der Waals surface area contributed by atoms with E-state index in [9.17, 15) is 4.39 Å². The van der Waals surface area contributed by atoms with E-state index < -0.39 is 0 Å². The average molecular weight is 261 g/mol. The first-order valence-electron chi connectivity index (χ1n) is 6.41. The van der Waals surface area contributed by atoms with Gasteiger partial charge in [-0.25, -0.2) is 4.39 Å². The number of piperidine rings is 1. The zero-order valence-electron chi connectivity index (χ0n) is 10.5. The summed E-state index contributed by atoms with van der Waals surface area (Å²) in [6, 6.07) is 6.37. The number of hydrogen-bond donors (Lipinski definition) is 2. The topological polar surface area (TPSA) is 70.8 Å². The number of benzene rings is 1. The first-order chi connectivity index (χ1) is 9.22. The van der Waals surface area contributed by atoms with Crippen molar-refractivity contribution in [2.45, 2.75) is 18.9 Å². The number of nitrogens with one attached hydrogen (secondary N) is 1. The fourth-order valence-electron chi connectivity index (χ4n) is 2.32. The Morgan fingerprint density at radius 3 is 2.84 bits per heavy atom. The molecule has 3 rings (SSSR count). The molecular weight excluding hydrogens is 245 g/mol. The number of nitrogens with two attached hydrogens (primary N) is 1. The van der Waals surface area contributed by atoms with Crippen LogP contribution in [0, 0.1) is 5.82 Å². The van der Waals surface area contributed by atoms with E-state index in [1.807, 2.05) is 0 Å². The van der Waals surface area contributed by atoms with Crippen molar-refractivity contribution < 1.29 is 4.39 Å². The molecule has 1 saturated heterocycles. The monoisotopic (exact) mass is 261 g/mol. The molecule has 100 valence electrons. The molecule has 1 fully saturated rings. The Morgan fingerprint density at radius 1 is 1.32 bits per heavy atom. The summed E-state index contributed by atoms with van der Waals surface area (Å²) in [4.78, 5) is 6.53. The molecule has 1 aliphatic rings. The van der Waals surface area contributed by atoms with E-state index in [1.54, 1.807) is 12.1 Å². The van der Waals surface area contributed by atoms with Crippen molar-refractivity contribution in [3.05, 3.63) is 30.1 Å². The lowest BCUT2D eigenvalue weighted by Crippen LogP contribution is -2.43. The number of hydrogen-bond acceptors (Lipinski definition) is 4. The van der Waals surface area contributed by atoms with E-state index in [2.05, 4.69) is 20.1 Å². The SMILES string of the molecule is NC1CCCN(c2n[nH]c(-c3ccc(F)cc3)n2)C1. The van der Waals surface area contributed by atoms with Gasteiger partial charge in [0, 0.05) is 24.7 Å². The Labute approximate surface area is 110 Å². The zero-order chi connectivity index (χ0) is 13.2. The summed E-state index contributed by atoms with van der Waals surface area (Å²) in [5.74, 6) is 1.05. The van der Waals surface area contributed by atoms with Gasteiger partial charge in [0.25, 0.3) is 0 Å². The highest BCUT2D eigenvalue weighted by molar-refractivity contribution is 5.56. The first kappa shape index (κ1) is 12.1. The first-order valence-corrected chi connectivity index (χ1v) is 6.41. The molecule has 0 aliphatic carbocycles. The molecule has 19 heavy (non-hydrogen) atoms. The molecule has 1 aromatic heterocycles. The fraction of sp³-hybridized carbons (Fsp3) is 0.385. The van der Waals surface area contributed by atoms with Crippen LogP contribution in [0.2, 0.25) is 0 Å². The average Bonchev–Trinajstić information content (AvgIpc) is 2.89. The lowest BCUT2D eigenvalue weighted by atomic mass is 10.1. The summed E-state index contributed by atoms with van der Waals surface area (Å²) < 4.78 is 12.9. The van der Waals surface area contributed by atoms with Gasteiger partial charge in [0.05, 0.1) is 0 Å². The molecule has 6 heteroatoms. The second-order valence-corrected chi connectivity index (χ2v) is 4.84. The molecule has 0 spiro atoms. The van der Waals surface area contributed by atoms with Gasteiger partial charge in [-0.2, -0.15) is 4.98 Å². The minimum atomic E-state index is -0.259. The number of nitrogens with zero attached hydrogens (tertiary/aromatic N) is 3. The van der Waals surface area contributed by atoms with Crippen LogP contribution in [-0.4, -0.2) is 34.3 Å². The fourth-order valence-corrected chi connectivity index (χ4v) is 2.32. The lowest BCUT2D eigenvalue weighted by molar-refractivity contribution is 0.500. The Bertz CT molecular complexity index is 550. The van der Waals surface area contributed by atoms with E-state index in [0.29, 0.717) is 11.8 Å². The molecular formula is C13H16FN5. The Kier molecular flexibility index (Phi) is 3.16. The number of H-pyrrole nitrogens is 1. The third kappa shape index (κ3) is 2.58. The summed E-state index contributed by atoms with van der Waals surface area (Å²) in [6.45, 7) is 1.70. The van der Waals surface area contributed by atoms with Crippen molar-refractivity contribution in [3.8, 4) is 11.4 Å². The minimum Gasteiger partial charge on any atom is -0.338 e. The summed E-state index contributed by atoms with van der Waals surface area (Å²) in [5.41, 5.74) is 6.77. The van der Waals surface area contributed by atoms with Crippen LogP contribution in [0.15, 0.2) is 24.3 Å². The normalized spacial score (nSPS) is 19.7. The van der Waals surface area contributed by atoms with Crippen LogP contribution < -0.4 is 10.6 Å². The summed E-state index contributed by atoms with van der Waals surface area (Å²) >= 11 is 0. The van der Waals surface area contributed by atoms with Crippen LogP contribution in [0.3, 0.4) is 0 Å². The second-order valence-electron chi connectivity index (χ2n) is 4.84. The number of aromatic nitrogens is 3. The number of anilines is 1. The van der Waals surface area contributed by atoms with Crippen LogP contribution in [0.5, 0.6) is 0 Å². The van der Waals surface area contributed by atoms with Gasteiger partial charge in [-0.1, -0.05) is 0 Å². The predicted molar refractivity (Wildman–Crippen MR) is 71.2 cm³/mol. The van der Waals surface area contributed by atoms with Crippen LogP contribution in [0.25, 0.3) is 11.4 Å². The molecule has 1 unspecified atom stereocenters. The van der Waals surface area contributed by atoms with E-state index >= 15 is 0 Å². The highest BCUT2D eigenvalue weighted by Crippen LogP contribution is 2.20. The molecule has 2 heterocycles. The van der Waals surface area contributed by atoms with Gasteiger partial charge in [-0.3, -0.25) is 5.10 Å². The second kappa shape index (κ2) is 4.97. The molecule has 0 saturated carbocycles. The van der Waals surface area contributed by atoms with Gasteiger partial charge in [0.2, 0.25) is 5.95 Å². The quantitative estimate of drug-likeness (QED) is 0.860. The highest BCUT2D eigenvalue weighted by Gasteiger charge is 2.20. The van der Waals surface area contributed by atoms with E-state index in [-0.39, 0.29) is 11.9 Å². The van der Waals surface area contributed by atoms with Crippen LogP contribution in [0.1, 0.15) is 12.8 Å². The number of rotatable bonds is 2. The number of halogens is 1. The molecule has 0 amide bonds. The predicted octanol–water partition coefficient (Wildman–Crippen LogP) is 1.54. The third-order valence-electron chi connectivity index (χ3n) is 3.33. The maximum Gasteiger partial charge on any atom is 0.245 e. The van der Waals surface area contributed by atoms with Gasteiger partial charge in [0.15, 0.2) is 5.82 Å². The largest absolute Gasteiger partial charge is 0.338 e. The third-order valence-corrected chi connectivity index (χ3v) is 3.33. The molecule has 2 aromatic rings. The molecule has 1 atom stereocenters. The van der Waals surface area contributed by atoms with E-state index in [0.717, 1.165) is 31.5 Å². The standard InChI is InChI=1S/C13H16FN5/c14-10-5-3-9(4-6-10)12-16-13(18-17-12)19-7-1-2-11(15)8-19/h3-6,11H,1-2,7-8,15H2,(H,16,17,18). The van der Waals surface area contributed by atoms with E-state index in [1.165, 1.54) is 12.1 Å². The highest BCUT2D eigenvalue weighted by atomic mass is 19.1. The molecule has 3 N–H and O–H groups in total. The van der Waals surface area contributed by atoms with Crippen molar-refractivity contribution in [1.29, 1.82) is 0 Å². The molecule has 0 radical (unpaired) electrons. The lowest BCUT2D eigenvalue weighted by Gasteiger charge is -2.29. The maximum atomic E-state index is 12.9. The smallest absolute Gasteiger partial charge is 0.245 e. The van der Waals surface area contributed by atoms with Crippen molar-refractivity contribution >= 4 is 5.95 Å². The molecule has 0 bridgehead atoms. The Balaban J connectivity index is 1.81. The maximum absolute atomic E-state index is 12.9. The van der Waals surface area contributed by atoms with Crippen molar-refractivity contribution in [2.24, 2.45) is 5.73 Å².